The highest BCUT2D eigenvalue weighted by Crippen LogP contribution is 2.48. The largest absolute Gasteiger partial charge is 0.491 e. The molecule has 1 fully saturated rings. The molecule has 9 heteroatoms. The molecule has 9 nitrogen and oxygen atoms in total. The summed E-state index contributed by atoms with van der Waals surface area (Å²) in [5.41, 5.74) is 0.944. The molecule has 39 heavy (non-hydrogen) atoms. The standard InChI is InChI=1S/C30H39NO8/c1-7-34-28(32)26-23(21-10-13-24-25(16-21)38-18-37-24)17-31(29(33)39-30(4,5)6)27(26)20-8-11-22(12-9-20)36-15-14-35-19(2)3/h8-13,16,19,23,26-27H,7,14-15,17-18H2,1-6H3/t23-,26-,27+/m1/s1. The molecule has 2 aromatic rings. The molecule has 0 spiro atoms. The van der Waals surface area contributed by atoms with Gasteiger partial charge in [0.15, 0.2) is 11.5 Å². The van der Waals surface area contributed by atoms with E-state index in [0.29, 0.717) is 30.5 Å². The lowest BCUT2D eigenvalue weighted by Crippen LogP contribution is -2.38. The maximum atomic E-state index is 13.5. The summed E-state index contributed by atoms with van der Waals surface area (Å²) in [5.74, 6) is 0.559. The van der Waals surface area contributed by atoms with Gasteiger partial charge in [0, 0.05) is 12.5 Å². The van der Waals surface area contributed by atoms with Gasteiger partial charge >= 0.3 is 12.1 Å². The van der Waals surface area contributed by atoms with E-state index >= 15 is 0 Å². The third kappa shape index (κ3) is 6.95. The second-order valence-corrected chi connectivity index (χ2v) is 10.9. The molecule has 0 unspecified atom stereocenters. The summed E-state index contributed by atoms with van der Waals surface area (Å²) < 4.78 is 33.7. The number of nitrogens with zero attached hydrogens (tertiary/aromatic N) is 1. The molecule has 0 aliphatic carbocycles. The third-order valence-corrected chi connectivity index (χ3v) is 6.54. The molecule has 0 saturated carbocycles. The minimum Gasteiger partial charge on any atom is -0.491 e. The van der Waals surface area contributed by atoms with E-state index in [2.05, 4.69) is 0 Å². The molecule has 2 aliphatic rings. The van der Waals surface area contributed by atoms with E-state index in [1.54, 1.807) is 11.8 Å². The quantitative estimate of drug-likeness (QED) is 0.305. The number of ether oxygens (including phenoxy) is 6. The zero-order valence-corrected chi connectivity index (χ0v) is 23.6. The van der Waals surface area contributed by atoms with Crippen molar-refractivity contribution in [3.63, 3.8) is 0 Å². The Bertz CT molecular complexity index is 1140. The Morgan fingerprint density at radius 2 is 1.69 bits per heavy atom. The lowest BCUT2D eigenvalue weighted by molar-refractivity contribution is -0.149. The molecule has 0 N–H and O–H groups in total. The number of benzene rings is 2. The maximum Gasteiger partial charge on any atom is 0.410 e. The maximum absolute atomic E-state index is 13.5. The fraction of sp³-hybridized carbons (Fsp3) is 0.533. The summed E-state index contributed by atoms with van der Waals surface area (Å²) in [7, 11) is 0. The fourth-order valence-electron chi connectivity index (χ4n) is 4.94. The molecule has 0 bridgehead atoms. The normalized spacial score (nSPS) is 20.3. The Kier molecular flexibility index (Phi) is 8.90. The Morgan fingerprint density at radius 3 is 2.36 bits per heavy atom. The molecular formula is C30H39NO8. The van der Waals surface area contributed by atoms with Gasteiger partial charge in [0.2, 0.25) is 6.79 Å². The summed E-state index contributed by atoms with van der Waals surface area (Å²) in [6.07, 6.45) is -0.356. The first kappa shape index (κ1) is 28.5. The average molecular weight is 542 g/mol. The van der Waals surface area contributed by atoms with Crippen molar-refractivity contribution in [1.29, 1.82) is 0 Å². The van der Waals surface area contributed by atoms with E-state index in [9.17, 15) is 9.59 Å². The summed E-state index contributed by atoms with van der Waals surface area (Å²) in [6.45, 7) is 12.7. The highest BCUT2D eigenvalue weighted by Gasteiger charge is 2.51. The van der Waals surface area contributed by atoms with Crippen molar-refractivity contribution in [2.45, 2.75) is 65.2 Å². The second kappa shape index (κ2) is 12.2. The van der Waals surface area contributed by atoms with Gasteiger partial charge in [-0.05, 0) is 76.9 Å². The number of rotatable bonds is 9. The predicted octanol–water partition coefficient (Wildman–Crippen LogP) is 5.47. The van der Waals surface area contributed by atoms with Crippen LogP contribution in [-0.4, -0.2) is 61.8 Å². The van der Waals surface area contributed by atoms with Gasteiger partial charge in [-0.1, -0.05) is 18.2 Å². The lowest BCUT2D eigenvalue weighted by Gasteiger charge is -2.30. The van der Waals surface area contributed by atoms with Gasteiger partial charge in [-0.15, -0.1) is 0 Å². The van der Waals surface area contributed by atoms with Crippen LogP contribution in [0.1, 0.15) is 64.6 Å². The van der Waals surface area contributed by atoms with E-state index in [0.717, 1.165) is 11.1 Å². The van der Waals surface area contributed by atoms with E-state index in [-0.39, 0.29) is 37.9 Å². The Balaban J connectivity index is 1.67. The minimum atomic E-state index is -0.701. The Hall–Kier alpha value is -3.46. The van der Waals surface area contributed by atoms with Gasteiger partial charge in [-0.2, -0.15) is 0 Å². The SMILES string of the molecule is CCOC(=O)[C@@H]1[C@@H](c2ccc3c(c2)OCO3)CN(C(=O)OC(C)(C)C)[C@H]1c1ccc(OCCOC(C)C)cc1. The molecule has 2 aromatic carbocycles. The number of esters is 1. The van der Waals surface area contributed by atoms with Gasteiger partial charge in [-0.3, -0.25) is 9.69 Å². The van der Waals surface area contributed by atoms with Gasteiger partial charge in [0.1, 0.15) is 18.0 Å². The van der Waals surface area contributed by atoms with Gasteiger partial charge in [-0.25, -0.2) is 4.79 Å². The Morgan fingerprint density at radius 1 is 1.00 bits per heavy atom. The number of carbonyl (C=O) groups is 2. The number of amides is 1. The van der Waals surface area contributed by atoms with Crippen LogP contribution in [0.25, 0.3) is 0 Å². The smallest absolute Gasteiger partial charge is 0.410 e. The molecule has 2 aliphatic heterocycles. The van der Waals surface area contributed by atoms with Gasteiger partial charge in [0.25, 0.3) is 0 Å². The van der Waals surface area contributed by atoms with Crippen LogP contribution in [0.5, 0.6) is 17.2 Å². The van der Waals surface area contributed by atoms with E-state index in [4.69, 9.17) is 28.4 Å². The zero-order valence-electron chi connectivity index (χ0n) is 23.6. The number of carbonyl (C=O) groups excluding carboxylic acids is 2. The molecule has 4 rings (SSSR count). The first-order valence-electron chi connectivity index (χ1n) is 13.5. The van der Waals surface area contributed by atoms with Crippen LogP contribution in [-0.2, 0) is 19.0 Å². The summed E-state index contributed by atoms with van der Waals surface area (Å²) in [4.78, 5) is 28.6. The van der Waals surface area contributed by atoms with Gasteiger partial charge in [0.05, 0.1) is 31.3 Å². The molecule has 0 aromatic heterocycles. The van der Waals surface area contributed by atoms with Crippen LogP contribution >= 0.6 is 0 Å². The zero-order chi connectivity index (χ0) is 28.2. The van der Waals surface area contributed by atoms with E-state index in [1.807, 2.05) is 77.1 Å². The Labute approximate surface area is 230 Å². The monoisotopic (exact) mass is 541 g/mol. The van der Waals surface area contributed by atoms with Crippen LogP contribution in [0.4, 0.5) is 4.79 Å². The predicted molar refractivity (Wildman–Crippen MR) is 144 cm³/mol. The number of hydrogen-bond donors (Lipinski definition) is 0. The van der Waals surface area contributed by atoms with Crippen molar-refractivity contribution in [2.24, 2.45) is 5.92 Å². The number of likely N-dealkylation sites (tertiary alicyclic amines) is 1. The first-order valence-corrected chi connectivity index (χ1v) is 13.5. The summed E-state index contributed by atoms with van der Waals surface area (Å²) >= 11 is 0. The van der Waals surface area contributed by atoms with Crippen molar-refractivity contribution in [3.8, 4) is 17.2 Å². The fourth-order valence-corrected chi connectivity index (χ4v) is 4.94. The van der Waals surface area contributed by atoms with Crippen LogP contribution < -0.4 is 14.2 Å². The lowest BCUT2D eigenvalue weighted by atomic mass is 9.82. The van der Waals surface area contributed by atoms with Crippen molar-refractivity contribution in [1.82, 2.24) is 4.90 Å². The molecular weight excluding hydrogens is 502 g/mol. The van der Waals surface area contributed by atoms with Crippen molar-refractivity contribution < 1.29 is 38.0 Å². The summed E-state index contributed by atoms with van der Waals surface area (Å²) in [6, 6.07) is 12.5. The topological polar surface area (TPSA) is 92.8 Å². The van der Waals surface area contributed by atoms with Crippen LogP contribution in [0.3, 0.4) is 0 Å². The van der Waals surface area contributed by atoms with Crippen LogP contribution in [0.2, 0.25) is 0 Å². The molecule has 2 heterocycles. The molecule has 3 atom stereocenters. The van der Waals surface area contributed by atoms with E-state index < -0.39 is 23.7 Å². The van der Waals surface area contributed by atoms with Crippen molar-refractivity contribution >= 4 is 12.1 Å². The highest BCUT2D eigenvalue weighted by atomic mass is 16.7. The van der Waals surface area contributed by atoms with Gasteiger partial charge < -0.3 is 28.4 Å². The van der Waals surface area contributed by atoms with E-state index in [1.165, 1.54) is 0 Å². The van der Waals surface area contributed by atoms with Crippen molar-refractivity contribution in [3.05, 3.63) is 53.6 Å². The van der Waals surface area contributed by atoms with Crippen LogP contribution in [0, 0.1) is 5.92 Å². The highest BCUT2D eigenvalue weighted by molar-refractivity contribution is 5.79. The molecule has 1 amide bonds. The average Bonchev–Trinajstić information content (AvgIpc) is 3.50. The van der Waals surface area contributed by atoms with Crippen LogP contribution in [0.15, 0.2) is 42.5 Å². The second-order valence-electron chi connectivity index (χ2n) is 10.9. The third-order valence-electron chi connectivity index (χ3n) is 6.54. The molecule has 0 radical (unpaired) electrons. The number of hydrogen-bond acceptors (Lipinski definition) is 8. The number of fused-ring (bicyclic) bond motifs is 1. The first-order chi connectivity index (χ1) is 18.6. The summed E-state index contributed by atoms with van der Waals surface area (Å²) in [5, 5.41) is 0. The minimum absolute atomic E-state index is 0.134. The molecule has 1 saturated heterocycles. The molecule has 212 valence electrons. The van der Waals surface area contributed by atoms with Crippen molar-refractivity contribution in [2.75, 3.05) is 33.2 Å².